The third kappa shape index (κ3) is 2.92. The Morgan fingerprint density at radius 1 is 1.10 bits per heavy atom. The minimum atomic E-state index is 0.429. The summed E-state index contributed by atoms with van der Waals surface area (Å²) in [5.74, 6) is 1.87. The van der Waals surface area contributed by atoms with Gasteiger partial charge in [0.1, 0.15) is 17.6 Å². The number of nitrogen functional groups attached to an aromatic ring is 1. The van der Waals surface area contributed by atoms with E-state index in [0.717, 1.165) is 5.75 Å². The highest BCUT2D eigenvalue weighted by Crippen LogP contribution is 2.28. The van der Waals surface area contributed by atoms with E-state index in [1.54, 1.807) is 18.2 Å². The van der Waals surface area contributed by atoms with Gasteiger partial charge in [0, 0.05) is 11.8 Å². The lowest BCUT2D eigenvalue weighted by Crippen LogP contribution is -1.94. The molecule has 0 saturated carbocycles. The van der Waals surface area contributed by atoms with Crippen LogP contribution in [0.3, 0.4) is 0 Å². The highest BCUT2D eigenvalue weighted by atomic mass is 16.5. The van der Waals surface area contributed by atoms with Gasteiger partial charge in [-0.2, -0.15) is 5.26 Å². The molecule has 2 aromatic rings. The quantitative estimate of drug-likeness (QED) is 0.839. The SMILES string of the molecule is Cc1cc(Oc2ccc(N)c(C#N)c2)ccc1C(C)C. The van der Waals surface area contributed by atoms with Crippen LogP contribution >= 0.6 is 0 Å². The fraction of sp³-hybridized carbons (Fsp3) is 0.235. The van der Waals surface area contributed by atoms with E-state index in [0.29, 0.717) is 22.9 Å². The Bertz CT molecular complexity index is 669. The van der Waals surface area contributed by atoms with Crippen molar-refractivity contribution in [2.45, 2.75) is 26.7 Å². The van der Waals surface area contributed by atoms with Gasteiger partial charge in [0.2, 0.25) is 0 Å². The van der Waals surface area contributed by atoms with E-state index in [1.807, 2.05) is 12.1 Å². The molecule has 0 heterocycles. The minimum absolute atomic E-state index is 0.429. The molecule has 20 heavy (non-hydrogen) atoms. The number of nitrogens with two attached hydrogens (primary N) is 1. The molecule has 0 spiro atoms. The lowest BCUT2D eigenvalue weighted by molar-refractivity contribution is 0.482. The summed E-state index contributed by atoms with van der Waals surface area (Å²) < 4.78 is 5.78. The summed E-state index contributed by atoms with van der Waals surface area (Å²) in [6.07, 6.45) is 0. The van der Waals surface area contributed by atoms with Crippen LogP contribution in [0.2, 0.25) is 0 Å². The van der Waals surface area contributed by atoms with E-state index in [2.05, 4.69) is 32.9 Å². The predicted octanol–water partition coefficient (Wildman–Crippen LogP) is 4.36. The van der Waals surface area contributed by atoms with E-state index < -0.39 is 0 Å². The fourth-order valence-electron chi connectivity index (χ4n) is 2.19. The van der Waals surface area contributed by atoms with Crippen LogP contribution < -0.4 is 10.5 Å². The molecule has 0 bridgehead atoms. The van der Waals surface area contributed by atoms with Crippen LogP contribution in [0.1, 0.15) is 36.5 Å². The van der Waals surface area contributed by atoms with Gasteiger partial charge in [-0.15, -0.1) is 0 Å². The first-order valence-electron chi connectivity index (χ1n) is 6.59. The molecule has 0 atom stereocenters. The van der Waals surface area contributed by atoms with Crippen molar-refractivity contribution in [1.82, 2.24) is 0 Å². The molecule has 102 valence electrons. The van der Waals surface area contributed by atoms with Crippen molar-refractivity contribution in [2.24, 2.45) is 0 Å². The molecule has 0 aliphatic rings. The van der Waals surface area contributed by atoms with Gasteiger partial charge < -0.3 is 10.5 Å². The molecule has 0 fully saturated rings. The Kier molecular flexibility index (Phi) is 3.95. The largest absolute Gasteiger partial charge is 0.457 e. The second-order valence-corrected chi connectivity index (χ2v) is 5.14. The van der Waals surface area contributed by atoms with E-state index in [-0.39, 0.29) is 0 Å². The van der Waals surface area contributed by atoms with Gasteiger partial charge in [-0.1, -0.05) is 19.9 Å². The zero-order chi connectivity index (χ0) is 14.7. The van der Waals surface area contributed by atoms with Crippen molar-refractivity contribution < 1.29 is 4.74 Å². The van der Waals surface area contributed by atoms with Crippen molar-refractivity contribution >= 4 is 5.69 Å². The van der Waals surface area contributed by atoms with E-state index >= 15 is 0 Å². The maximum atomic E-state index is 8.96. The summed E-state index contributed by atoms with van der Waals surface area (Å²) >= 11 is 0. The molecule has 3 nitrogen and oxygen atoms in total. The van der Waals surface area contributed by atoms with Crippen LogP contribution in [0.15, 0.2) is 36.4 Å². The molecule has 0 aliphatic carbocycles. The molecule has 0 amide bonds. The summed E-state index contributed by atoms with van der Waals surface area (Å²) in [5, 5.41) is 8.96. The number of hydrogen-bond donors (Lipinski definition) is 1. The Labute approximate surface area is 119 Å². The smallest absolute Gasteiger partial charge is 0.128 e. The Hall–Kier alpha value is -2.47. The predicted molar refractivity (Wildman–Crippen MR) is 80.9 cm³/mol. The van der Waals surface area contributed by atoms with E-state index in [9.17, 15) is 0 Å². The zero-order valence-corrected chi connectivity index (χ0v) is 12.0. The minimum Gasteiger partial charge on any atom is -0.457 e. The zero-order valence-electron chi connectivity index (χ0n) is 12.0. The molecule has 2 rings (SSSR count). The maximum Gasteiger partial charge on any atom is 0.128 e. The lowest BCUT2D eigenvalue weighted by Gasteiger charge is -2.12. The van der Waals surface area contributed by atoms with Gasteiger partial charge in [-0.05, 0) is 48.2 Å². The summed E-state index contributed by atoms with van der Waals surface area (Å²) in [7, 11) is 0. The highest BCUT2D eigenvalue weighted by Gasteiger charge is 2.06. The summed E-state index contributed by atoms with van der Waals surface area (Å²) in [6.45, 7) is 6.41. The Balaban J connectivity index is 2.27. The summed E-state index contributed by atoms with van der Waals surface area (Å²) in [4.78, 5) is 0. The maximum absolute atomic E-state index is 8.96. The van der Waals surface area contributed by atoms with Crippen molar-refractivity contribution in [1.29, 1.82) is 5.26 Å². The molecular formula is C17H18N2O. The summed E-state index contributed by atoms with van der Waals surface area (Å²) in [6, 6.07) is 13.2. The average Bonchev–Trinajstić information content (AvgIpc) is 2.40. The number of hydrogen-bond acceptors (Lipinski definition) is 3. The van der Waals surface area contributed by atoms with Crippen LogP contribution in [0.5, 0.6) is 11.5 Å². The van der Waals surface area contributed by atoms with E-state index in [1.165, 1.54) is 11.1 Å². The van der Waals surface area contributed by atoms with Crippen molar-refractivity contribution in [3.05, 3.63) is 53.1 Å². The number of benzene rings is 2. The second-order valence-electron chi connectivity index (χ2n) is 5.14. The van der Waals surface area contributed by atoms with Gasteiger partial charge in [0.05, 0.1) is 5.56 Å². The number of aryl methyl sites for hydroxylation is 1. The molecule has 0 unspecified atom stereocenters. The van der Waals surface area contributed by atoms with Crippen LogP contribution in [-0.2, 0) is 0 Å². The van der Waals surface area contributed by atoms with Gasteiger partial charge in [-0.3, -0.25) is 0 Å². The highest BCUT2D eigenvalue weighted by molar-refractivity contribution is 5.57. The van der Waals surface area contributed by atoms with Gasteiger partial charge in [0.25, 0.3) is 0 Å². The Morgan fingerprint density at radius 3 is 2.35 bits per heavy atom. The third-order valence-corrected chi connectivity index (χ3v) is 3.24. The number of rotatable bonds is 3. The lowest BCUT2D eigenvalue weighted by atomic mass is 9.98. The fourth-order valence-corrected chi connectivity index (χ4v) is 2.19. The monoisotopic (exact) mass is 266 g/mol. The van der Waals surface area contributed by atoms with Crippen LogP contribution in [0.25, 0.3) is 0 Å². The Morgan fingerprint density at radius 2 is 1.75 bits per heavy atom. The van der Waals surface area contributed by atoms with Crippen LogP contribution in [0.4, 0.5) is 5.69 Å². The molecule has 0 aliphatic heterocycles. The third-order valence-electron chi connectivity index (χ3n) is 3.24. The molecule has 0 saturated heterocycles. The number of anilines is 1. The molecule has 0 aromatic heterocycles. The first-order chi connectivity index (χ1) is 9.51. The average molecular weight is 266 g/mol. The molecule has 2 aromatic carbocycles. The van der Waals surface area contributed by atoms with Crippen molar-refractivity contribution in [3.63, 3.8) is 0 Å². The topological polar surface area (TPSA) is 59.0 Å². The standard InChI is InChI=1S/C17H18N2O/c1-11(2)16-6-4-14(8-12(16)3)20-15-5-7-17(19)13(9-15)10-18/h4-9,11H,19H2,1-3H3. The molecule has 3 heteroatoms. The molecule has 0 radical (unpaired) electrons. The normalized spacial score (nSPS) is 10.3. The van der Waals surface area contributed by atoms with Crippen LogP contribution in [-0.4, -0.2) is 0 Å². The van der Waals surface area contributed by atoms with Gasteiger partial charge >= 0.3 is 0 Å². The van der Waals surface area contributed by atoms with Gasteiger partial charge in [0.15, 0.2) is 0 Å². The second kappa shape index (κ2) is 5.66. The van der Waals surface area contributed by atoms with Crippen LogP contribution in [0, 0.1) is 18.3 Å². The van der Waals surface area contributed by atoms with Crippen molar-refractivity contribution in [2.75, 3.05) is 5.73 Å². The number of nitriles is 1. The summed E-state index contributed by atoms with van der Waals surface area (Å²) in [5.41, 5.74) is 9.10. The molecular weight excluding hydrogens is 248 g/mol. The molecule has 2 N–H and O–H groups in total. The number of nitrogens with zero attached hydrogens (tertiary/aromatic N) is 1. The van der Waals surface area contributed by atoms with E-state index in [4.69, 9.17) is 15.7 Å². The van der Waals surface area contributed by atoms with Gasteiger partial charge in [-0.25, -0.2) is 0 Å². The van der Waals surface area contributed by atoms with Crippen molar-refractivity contribution in [3.8, 4) is 17.6 Å². The first-order valence-corrected chi connectivity index (χ1v) is 6.59. The number of ether oxygens (including phenoxy) is 1. The first kappa shape index (κ1) is 14.0.